The van der Waals surface area contributed by atoms with E-state index in [1.807, 2.05) is 29.7 Å². The van der Waals surface area contributed by atoms with Crippen LogP contribution in [-0.2, 0) is 13.2 Å². The van der Waals surface area contributed by atoms with Crippen LogP contribution in [0.25, 0.3) is 11.2 Å². The molecular formula is C18H19N5OS. The molecule has 0 radical (unpaired) electrons. The fourth-order valence-corrected chi connectivity index (χ4v) is 3.52. The summed E-state index contributed by atoms with van der Waals surface area (Å²) >= 11 is 1.44. The van der Waals surface area contributed by atoms with Crippen LogP contribution in [-0.4, -0.2) is 24.6 Å². The van der Waals surface area contributed by atoms with Crippen molar-refractivity contribution in [1.82, 2.24) is 19.5 Å². The van der Waals surface area contributed by atoms with E-state index in [4.69, 9.17) is 11.8 Å². The molecule has 0 saturated carbocycles. The van der Waals surface area contributed by atoms with Gasteiger partial charge in [-0.15, -0.1) is 12.3 Å². The topological polar surface area (TPSA) is 90.6 Å². The molecule has 0 unspecified atom stereocenters. The Morgan fingerprint density at radius 2 is 2.28 bits per heavy atom. The molecule has 0 spiro atoms. The first kappa shape index (κ1) is 17.3. The maximum Gasteiger partial charge on any atom is 0.173 e. The third-order valence-electron chi connectivity index (χ3n) is 3.82. The van der Waals surface area contributed by atoms with E-state index in [9.17, 15) is 5.11 Å². The van der Waals surface area contributed by atoms with Gasteiger partial charge in [0.05, 0.1) is 12.9 Å². The monoisotopic (exact) mass is 353 g/mol. The van der Waals surface area contributed by atoms with Crippen molar-refractivity contribution in [2.24, 2.45) is 0 Å². The smallest absolute Gasteiger partial charge is 0.173 e. The molecule has 3 rings (SSSR count). The Kier molecular flexibility index (Phi) is 5.22. The molecule has 3 N–H and O–H groups in total. The first-order valence-corrected chi connectivity index (χ1v) is 8.75. The number of aromatic amines is 1. The quantitative estimate of drug-likeness (QED) is 0.469. The fourth-order valence-electron chi connectivity index (χ4n) is 2.52. The molecule has 128 valence electrons. The summed E-state index contributed by atoms with van der Waals surface area (Å²) in [6, 6.07) is 5.90. The summed E-state index contributed by atoms with van der Waals surface area (Å²) in [5.74, 6) is 2.63. The van der Waals surface area contributed by atoms with Gasteiger partial charge < -0.3 is 14.7 Å². The normalized spacial score (nSPS) is 10.9. The van der Waals surface area contributed by atoms with Crippen molar-refractivity contribution in [2.45, 2.75) is 43.0 Å². The molecule has 3 aromatic rings. The molecule has 0 amide bonds. The lowest BCUT2D eigenvalue weighted by molar-refractivity contribution is 0.279. The number of H-pyrrole nitrogens is 1. The zero-order valence-corrected chi connectivity index (χ0v) is 14.7. The summed E-state index contributed by atoms with van der Waals surface area (Å²) in [7, 11) is 0. The number of unbranched alkanes of at least 4 members (excludes halogenated alkanes) is 1. The summed E-state index contributed by atoms with van der Waals surface area (Å²) in [6.07, 6.45) is 8.45. The van der Waals surface area contributed by atoms with Crippen molar-refractivity contribution in [3.8, 4) is 12.3 Å². The Labute approximate surface area is 149 Å². The van der Waals surface area contributed by atoms with Gasteiger partial charge in [0.15, 0.2) is 16.3 Å². The predicted octanol–water partition coefficient (Wildman–Crippen LogP) is 2.60. The number of aliphatic hydroxyl groups excluding tert-OH is 1. The molecule has 0 atom stereocenters. The van der Waals surface area contributed by atoms with Gasteiger partial charge in [0.2, 0.25) is 0 Å². The van der Waals surface area contributed by atoms with Crippen LogP contribution in [0.4, 0.5) is 0 Å². The number of aliphatic hydroxyl groups is 1. The molecule has 0 aliphatic heterocycles. The van der Waals surface area contributed by atoms with Gasteiger partial charge in [-0.05, 0) is 30.5 Å². The number of terminal acetylenes is 1. The van der Waals surface area contributed by atoms with Gasteiger partial charge in [0.1, 0.15) is 5.52 Å². The molecule has 6 nitrogen and oxygen atoms in total. The van der Waals surface area contributed by atoms with E-state index >= 15 is 0 Å². The van der Waals surface area contributed by atoms with Crippen molar-refractivity contribution in [1.29, 1.82) is 5.41 Å². The van der Waals surface area contributed by atoms with Crippen molar-refractivity contribution in [3.63, 3.8) is 0 Å². The highest BCUT2D eigenvalue weighted by molar-refractivity contribution is 7.99. The number of nitrogens with zero attached hydrogens (tertiary/aromatic N) is 3. The highest BCUT2D eigenvalue weighted by Crippen LogP contribution is 2.30. The van der Waals surface area contributed by atoms with Crippen LogP contribution in [0, 0.1) is 24.7 Å². The van der Waals surface area contributed by atoms with Crippen LogP contribution >= 0.6 is 11.8 Å². The molecule has 7 heteroatoms. The van der Waals surface area contributed by atoms with Gasteiger partial charge in [-0.3, -0.25) is 5.41 Å². The first-order chi connectivity index (χ1) is 12.1. The molecule has 25 heavy (non-hydrogen) atoms. The van der Waals surface area contributed by atoms with E-state index < -0.39 is 0 Å². The molecule has 2 heterocycles. The SMILES string of the molecule is C#CCCCn1cnc(=N)c2[nH]c(Sc3cc(C)ccc3CO)nc21. The Balaban J connectivity index is 1.97. The lowest BCUT2D eigenvalue weighted by Crippen LogP contribution is -2.12. The van der Waals surface area contributed by atoms with Gasteiger partial charge in [-0.25, -0.2) is 9.97 Å². The second-order valence-electron chi connectivity index (χ2n) is 5.71. The minimum absolute atomic E-state index is 0.0276. The number of aryl methyl sites for hydroxylation is 2. The van der Waals surface area contributed by atoms with E-state index in [1.54, 1.807) is 6.33 Å². The van der Waals surface area contributed by atoms with Gasteiger partial charge in [0, 0.05) is 17.9 Å². The van der Waals surface area contributed by atoms with E-state index in [-0.39, 0.29) is 12.1 Å². The zero-order chi connectivity index (χ0) is 17.8. The van der Waals surface area contributed by atoms with Crippen LogP contribution in [0.3, 0.4) is 0 Å². The van der Waals surface area contributed by atoms with E-state index in [2.05, 4.69) is 20.9 Å². The molecule has 2 aromatic heterocycles. The Morgan fingerprint density at radius 1 is 1.44 bits per heavy atom. The summed E-state index contributed by atoms with van der Waals surface area (Å²) in [5.41, 5.74) is 3.42. The number of imidazole rings is 1. The van der Waals surface area contributed by atoms with Gasteiger partial charge in [-0.1, -0.05) is 23.9 Å². The summed E-state index contributed by atoms with van der Waals surface area (Å²) in [6.45, 7) is 2.69. The van der Waals surface area contributed by atoms with Crippen molar-refractivity contribution >= 4 is 22.9 Å². The van der Waals surface area contributed by atoms with Gasteiger partial charge >= 0.3 is 0 Å². The molecule has 0 bridgehead atoms. The standard InChI is InChI=1S/C18H19N5OS/c1-3-4-5-8-23-11-20-16(19)15-17(23)22-18(21-15)25-14-9-12(2)6-7-13(14)10-24/h1,6-7,9,11,19,24H,4-5,8,10H2,2H3,(H,21,22). The Hall–Kier alpha value is -2.56. The number of hydrogen-bond acceptors (Lipinski definition) is 5. The van der Waals surface area contributed by atoms with Crippen LogP contribution in [0.5, 0.6) is 0 Å². The second-order valence-corrected chi connectivity index (χ2v) is 6.74. The number of fused-ring (bicyclic) bond motifs is 1. The van der Waals surface area contributed by atoms with Crippen molar-refractivity contribution in [3.05, 3.63) is 41.1 Å². The maximum atomic E-state index is 9.53. The maximum absolute atomic E-state index is 9.53. The first-order valence-electron chi connectivity index (χ1n) is 7.94. The number of nitrogens with one attached hydrogen (secondary N) is 2. The third-order valence-corrected chi connectivity index (χ3v) is 4.80. The zero-order valence-electron chi connectivity index (χ0n) is 13.9. The third kappa shape index (κ3) is 3.76. The summed E-state index contributed by atoms with van der Waals surface area (Å²) in [5, 5.41) is 18.2. The van der Waals surface area contributed by atoms with E-state index in [0.29, 0.717) is 29.3 Å². The molecule has 0 fully saturated rings. The lowest BCUT2D eigenvalue weighted by atomic mass is 10.2. The minimum Gasteiger partial charge on any atom is -0.392 e. The lowest BCUT2D eigenvalue weighted by Gasteiger charge is -2.06. The molecule has 0 aliphatic rings. The highest BCUT2D eigenvalue weighted by atomic mass is 32.2. The summed E-state index contributed by atoms with van der Waals surface area (Å²) in [4.78, 5) is 12.9. The minimum atomic E-state index is -0.0276. The van der Waals surface area contributed by atoms with Crippen LogP contribution in [0.15, 0.2) is 34.6 Å². The van der Waals surface area contributed by atoms with Gasteiger partial charge in [-0.2, -0.15) is 0 Å². The molecular weight excluding hydrogens is 334 g/mol. The highest BCUT2D eigenvalue weighted by Gasteiger charge is 2.12. The largest absolute Gasteiger partial charge is 0.392 e. The number of aromatic nitrogens is 4. The number of hydrogen-bond donors (Lipinski definition) is 3. The summed E-state index contributed by atoms with van der Waals surface area (Å²) < 4.78 is 1.91. The van der Waals surface area contributed by atoms with Crippen LogP contribution in [0.1, 0.15) is 24.0 Å². The average molecular weight is 353 g/mol. The molecule has 0 saturated heterocycles. The van der Waals surface area contributed by atoms with Crippen LogP contribution < -0.4 is 5.49 Å². The average Bonchev–Trinajstić information content (AvgIpc) is 3.02. The Bertz CT molecular complexity index is 999. The Morgan fingerprint density at radius 3 is 3.04 bits per heavy atom. The number of rotatable bonds is 6. The van der Waals surface area contributed by atoms with E-state index in [1.165, 1.54) is 11.8 Å². The van der Waals surface area contributed by atoms with E-state index in [0.717, 1.165) is 22.4 Å². The molecule has 0 aliphatic carbocycles. The van der Waals surface area contributed by atoms with Gasteiger partial charge in [0.25, 0.3) is 0 Å². The van der Waals surface area contributed by atoms with Crippen LogP contribution in [0.2, 0.25) is 0 Å². The predicted molar refractivity (Wildman–Crippen MR) is 97.0 cm³/mol. The second kappa shape index (κ2) is 7.55. The molecule has 1 aromatic carbocycles. The fraction of sp³-hybridized carbons (Fsp3) is 0.278. The number of benzene rings is 1. The van der Waals surface area contributed by atoms with Crippen molar-refractivity contribution in [2.75, 3.05) is 0 Å². The van der Waals surface area contributed by atoms with Crippen molar-refractivity contribution < 1.29 is 5.11 Å².